The summed E-state index contributed by atoms with van der Waals surface area (Å²) in [5.41, 5.74) is 0. The normalized spacial score (nSPS) is 11.7. The molecular weight excluding hydrogens is 306 g/mol. The number of hydrogen-bond acceptors (Lipinski definition) is 3. The summed E-state index contributed by atoms with van der Waals surface area (Å²) in [4.78, 5) is 22.9. The van der Waals surface area contributed by atoms with Crippen LogP contribution in [0.1, 0.15) is 39.0 Å². The second-order valence-electron chi connectivity index (χ2n) is 5.05. The molecule has 0 radical (unpaired) electrons. The number of ether oxygens (including phenoxy) is 1. The molecule has 122 valence electrons. The van der Waals surface area contributed by atoms with Crippen molar-refractivity contribution in [2.24, 2.45) is 0 Å². The molecule has 0 spiro atoms. The van der Waals surface area contributed by atoms with Gasteiger partial charge in [-0.3, -0.25) is 4.79 Å². The predicted octanol–water partition coefficient (Wildman–Crippen LogP) is 3.26. The van der Waals surface area contributed by atoms with Crippen LogP contribution in [0.4, 0.5) is 0 Å². The van der Waals surface area contributed by atoms with Crippen LogP contribution in [-0.4, -0.2) is 29.6 Å². The summed E-state index contributed by atoms with van der Waals surface area (Å²) in [5.74, 6) is -0.955. The molecular formula is C16H22ClNO4. The van der Waals surface area contributed by atoms with Gasteiger partial charge in [-0.15, -0.1) is 0 Å². The van der Waals surface area contributed by atoms with Crippen LogP contribution in [0, 0.1) is 0 Å². The number of aliphatic carboxylic acids is 1. The Morgan fingerprint density at radius 3 is 2.50 bits per heavy atom. The third kappa shape index (κ3) is 7.31. The van der Waals surface area contributed by atoms with Crippen molar-refractivity contribution >= 4 is 23.5 Å². The number of carbonyl (C=O) groups excluding carboxylic acids is 1. The van der Waals surface area contributed by atoms with Crippen molar-refractivity contribution in [1.82, 2.24) is 5.32 Å². The highest BCUT2D eigenvalue weighted by Crippen LogP contribution is 2.15. The van der Waals surface area contributed by atoms with Gasteiger partial charge in [-0.05, 0) is 30.7 Å². The molecule has 1 amide bonds. The number of rotatable bonds is 10. The molecule has 2 N–H and O–H groups in total. The van der Waals surface area contributed by atoms with Crippen LogP contribution in [0.25, 0.3) is 0 Å². The number of carbonyl (C=O) groups is 2. The first-order chi connectivity index (χ1) is 10.5. The monoisotopic (exact) mass is 327 g/mol. The van der Waals surface area contributed by atoms with Gasteiger partial charge in [0.1, 0.15) is 11.8 Å². The number of benzene rings is 1. The van der Waals surface area contributed by atoms with Crippen LogP contribution >= 0.6 is 11.6 Å². The Kier molecular flexibility index (Phi) is 8.36. The summed E-state index contributed by atoms with van der Waals surface area (Å²) in [6, 6.07) is 5.74. The third-order valence-electron chi connectivity index (χ3n) is 3.16. The van der Waals surface area contributed by atoms with Gasteiger partial charge < -0.3 is 15.2 Å². The van der Waals surface area contributed by atoms with Crippen LogP contribution in [0.5, 0.6) is 5.75 Å². The Balaban J connectivity index is 2.36. The van der Waals surface area contributed by atoms with Gasteiger partial charge in [0.05, 0.1) is 0 Å². The van der Waals surface area contributed by atoms with Crippen molar-refractivity contribution in [3.8, 4) is 5.75 Å². The number of hydrogen-bond donors (Lipinski definition) is 2. The summed E-state index contributed by atoms with van der Waals surface area (Å²) in [6.07, 6.45) is 4.33. The Hall–Kier alpha value is -1.75. The lowest BCUT2D eigenvalue weighted by Gasteiger charge is -2.14. The Labute approximate surface area is 135 Å². The molecule has 1 atom stereocenters. The van der Waals surface area contributed by atoms with Gasteiger partial charge in [0.15, 0.2) is 6.61 Å². The summed E-state index contributed by atoms with van der Waals surface area (Å²) in [5, 5.41) is 12.2. The minimum absolute atomic E-state index is 0.222. The molecule has 0 heterocycles. The molecule has 1 rings (SSSR count). The number of amides is 1. The number of carboxylic acids is 1. The van der Waals surface area contributed by atoms with E-state index in [0.29, 0.717) is 17.2 Å². The summed E-state index contributed by atoms with van der Waals surface area (Å²) in [6.45, 7) is 1.87. The van der Waals surface area contributed by atoms with Crippen molar-refractivity contribution in [3.05, 3.63) is 29.3 Å². The lowest BCUT2D eigenvalue weighted by atomic mass is 10.1. The second-order valence-corrected chi connectivity index (χ2v) is 5.49. The fourth-order valence-corrected chi connectivity index (χ4v) is 2.07. The zero-order chi connectivity index (χ0) is 16.4. The van der Waals surface area contributed by atoms with Gasteiger partial charge in [0.25, 0.3) is 5.91 Å². The molecule has 0 fully saturated rings. The molecule has 0 aromatic heterocycles. The minimum Gasteiger partial charge on any atom is -0.484 e. The third-order valence-corrected chi connectivity index (χ3v) is 3.42. The van der Waals surface area contributed by atoms with Gasteiger partial charge in [-0.2, -0.15) is 0 Å². The lowest BCUT2D eigenvalue weighted by Crippen LogP contribution is -2.42. The first kappa shape index (κ1) is 18.3. The number of halogens is 1. The van der Waals surface area contributed by atoms with E-state index < -0.39 is 17.9 Å². The molecule has 1 aromatic rings. The Morgan fingerprint density at radius 1 is 1.23 bits per heavy atom. The molecule has 1 unspecified atom stereocenters. The first-order valence-corrected chi connectivity index (χ1v) is 7.81. The smallest absolute Gasteiger partial charge is 0.326 e. The maximum atomic E-state index is 11.8. The van der Waals surface area contributed by atoms with E-state index in [1.54, 1.807) is 24.3 Å². The highest BCUT2D eigenvalue weighted by Gasteiger charge is 2.19. The van der Waals surface area contributed by atoms with Crippen molar-refractivity contribution in [3.63, 3.8) is 0 Å². The van der Waals surface area contributed by atoms with E-state index in [9.17, 15) is 9.59 Å². The van der Waals surface area contributed by atoms with Crippen molar-refractivity contribution in [2.75, 3.05) is 6.61 Å². The maximum Gasteiger partial charge on any atom is 0.326 e. The van der Waals surface area contributed by atoms with Crippen molar-refractivity contribution < 1.29 is 19.4 Å². The fourth-order valence-electron chi connectivity index (χ4n) is 1.95. The van der Waals surface area contributed by atoms with E-state index in [1.807, 2.05) is 0 Å². The van der Waals surface area contributed by atoms with Gasteiger partial charge in [0.2, 0.25) is 0 Å². The van der Waals surface area contributed by atoms with Gasteiger partial charge in [-0.1, -0.05) is 44.2 Å². The quantitative estimate of drug-likeness (QED) is 0.647. The topological polar surface area (TPSA) is 75.6 Å². The Morgan fingerprint density at radius 2 is 1.91 bits per heavy atom. The van der Waals surface area contributed by atoms with Crippen LogP contribution in [0.15, 0.2) is 24.3 Å². The van der Waals surface area contributed by atoms with Gasteiger partial charge in [-0.25, -0.2) is 4.79 Å². The summed E-state index contributed by atoms with van der Waals surface area (Å²) >= 11 is 5.75. The molecule has 0 aliphatic heterocycles. The maximum absolute atomic E-state index is 11.8. The summed E-state index contributed by atoms with van der Waals surface area (Å²) < 4.78 is 5.28. The van der Waals surface area contributed by atoms with Gasteiger partial charge >= 0.3 is 5.97 Å². The largest absolute Gasteiger partial charge is 0.484 e. The number of nitrogens with one attached hydrogen (secondary N) is 1. The zero-order valence-corrected chi connectivity index (χ0v) is 13.4. The molecule has 0 aliphatic rings. The van der Waals surface area contributed by atoms with E-state index >= 15 is 0 Å². The highest BCUT2D eigenvalue weighted by molar-refractivity contribution is 6.30. The molecule has 0 bridgehead atoms. The zero-order valence-electron chi connectivity index (χ0n) is 12.7. The summed E-state index contributed by atoms with van der Waals surface area (Å²) in [7, 11) is 0. The number of carboxylic acid groups (broad SMARTS) is 1. The lowest BCUT2D eigenvalue weighted by molar-refractivity contribution is -0.142. The van der Waals surface area contributed by atoms with Crippen LogP contribution < -0.4 is 10.1 Å². The van der Waals surface area contributed by atoms with Crippen LogP contribution in [0.2, 0.25) is 5.02 Å². The van der Waals surface area contributed by atoms with E-state index in [4.69, 9.17) is 21.4 Å². The average Bonchev–Trinajstić information content (AvgIpc) is 2.49. The fraction of sp³-hybridized carbons (Fsp3) is 0.500. The average molecular weight is 328 g/mol. The Bertz CT molecular complexity index is 476. The second kappa shape index (κ2) is 10.1. The molecule has 0 saturated carbocycles. The number of unbranched alkanes of at least 4 members (excludes halogenated alkanes) is 3. The van der Waals surface area contributed by atoms with Crippen molar-refractivity contribution in [2.45, 2.75) is 45.1 Å². The van der Waals surface area contributed by atoms with Gasteiger partial charge in [0, 0.05) is 5.02 Å². The first-order valence-electron chi connectivity index (χ1n) is 7.43. The van der Waals surface area contributed by atoms with Crippen molar-refractivity contribution in [1.29, 1.82) is 0 Å². The van der Waals surface area contributed by atoms with E-state index in [-0.39, 0.29) is 6.61 Å². The van der Waals surface area contributed by atoms with E-state index in [1.165, 1.54) is 0 Å². The molecule has 0 saturated heterocycles. The van der Waals surface area contributed by atoms with E-state index in [2.05, 4.69) is 12.2 Å². The molecule has 22 heavy (non-hydrogen) atoms. The highest BCUT2D eigenvalue weighted by atomic mass is 35.5. The molecule has 0 aliphatic carbocycles. The SMILES string of the molecule is CCCCCCC(NC(=O)COc1ccc(Cl)cc1)C(=O)O. The van der Waals surface area contributed by atoms with Crippen LogP contribution in [0.3, 0.4) is 0 Å². The molecule has 6 heteroatoms. The molecule has 1 aromatic carbocycles. The van der Waals surface area contributed by atoms with E-state index in [0.717, 1.165) is 25.7 Å². The minimum atomic E-state index is -1.02. The van der Waals surface area contributed by atoms with Crippen LogP contribution in [-0.2, 0) is 9.59 Å². The standard InChI is InChI=1S/C16H22ClNO4/c1-2-3-4-5-6-14(16(20)21)18-15(19)11-22-13-9-7-12(17)8-10-13/h7-10,14H,2-6,11H2,1H3,(H,18,19)(H,20,21). The predicted molar refractivity (Wildman–Crippen MR) is 85.3 cm³/mol. The molecule has 5 nitrogen and oxygen atoms in total.